The van der Waals surface area contributed by atoms with Crippen LogP contribution >= 0.6 is 0 Å². The third kappa shape index (κ3) is 4.23. The van der Waals surface area contributed by atoms with Gasteiger partial charge >= 0.3 is 5.97 Å². The van der Waals surface area contributed by atoms with Crippen LogP contribution in [0.25, 0.3) is 0 Å². The van der Waals surface area contributed by atoms with Crippen LogP contribution < -0.4 is 0 Å². The second kappa shape index (κ2) is 6.50. The number of aliphatic carboxylic acids is 1. The molecule has 0 amide bonds. The molecule has 106 valence electrons. The van der Waals surface area contributed by atoms with Crippen molar-refractivity contribution in [3.63, 3.8) is 0 Å². The first-order valence-electron chi connectivity index (χ1n) is 6.60. The van der Waals surface area contributed by atoms with E-state index >= 15 is 0 Å². The van der Waals surface area contributed by atoms with Crippen molar-refractivity contribution < 1.29 is 14.6 Å². The molecule has 18 heavy (non-hydrogen) atoms. The van der Waals surface area contributed by atoms with E-state index in [1.807, 2.05) is 0 Å². The van der Waals surface area contributed by atoms with Gasteiger partial charge in [0.1, 0.15) is 0 Å². The number of carboxylic acid groups (broad SMARTS) is 1. The van der Waals surface area contributed by atoms with Crippen LogP contribution in [-0.4, -0.2) is 72.4 Å². The first-order valence-corrected chi connectivity index (χ1v) is 6.60. The van der Waals surface area contributed by atoms with Crippen LogP contribution in [0.4, 0.5) is 0 Å². The zero-order chi connectivity index (χ0) is 13.8. The zero-order valence-electron chi connectivity index (χ0n) is 12.0. The van der Waals surface area contributed by atoms with Crippen molar-refractivity contribution in [3.05, 3.63) is 0 Å². The van der Waals surface area contributed by atoms with Crippen LogP contribution in [0.2, 0.25) is 0 Å². The third-order valence-corrected chi connectivity index (χ3v) is 4.13. The number of rotatable bonds is 6. The maximum atomic E-state index is 10.5. The van der Waals surface area contributed by atoms with Crippen LogP contribution in [0, 0.1) is 0 Å². The lowest BCUT2D eigenvalue weighted by molar-refractivity contribution is -0.137. The van der Waals surface area contributed by atoms with Gasteiger partial charge in [-0.2, -0.15) is 0 Å². The number of hydrogen-bond acceptors (Lipinski definition) is 4. The molecule has 1 heterocycles. The fourth-order valence-corrected chi connectivity index (χ4v) is 2.24. The Morgan fingerprint density at radius 1 is 1.33 bits per heavy atom. The first kappa shape index (κ1) is 15.4. The molecule has 0 spiro atoms. The molecule has 1 aliphatic heterocycles. The van der Waals surface area contributed by atoms with E-state index in [4.69, 9.17) is 9.84 Å². The molecule has 5 nitrogen and oxygen atoms in total. The lowest BCUT2D eigenvalue weighted by Gasteiger charge is -2.43. The monoisotopic (exact) mass is 258 g/mol. The Morgan fingerprint density at radius 3 is 2.33 bits per heavy atom. The number of hydrogen-bond donors (Lipinski definition) is 1. The second-order valence-electron chi connectivity index (χ2n) is 5.50. The van der Waals surface area contributed by atoms with Crippen molar-refractivity contribution in [1.82, 2.24) is 9.80 Å². The average Bonchev–Trinajstić information content (AvgIpc) is 2.36. The van der Waals surface area contributed by atoms with E-state index in [2.05, 4.69) is 30.6 Å². The fraction of sp³-hybridized carbons (Fsp3) is 0.923. The number of piperazine rings is 1. The van der Waals surface area contributed by atoms with Gasteiger partial charge in [-0.3, -0.25) is 9.69 Å². The third-order valence-electron chi connectivity index (χ3n) is 4.13. The van der Waals surface area contributed by atoms with E-state index in [1.165, 1.54) is 0 Å². The highest BCUT2D eigenvalue weighted by atomic mass is 16.5. The molecular weight excluding hydrogens is 232 g/mol. The summed E-state index contributed by atoms with van der Waals surface area (Å²) in [5.41, 5.74) is -0.150. The van der Waals surface area contributed by atoms with Crippen LogP contribution in [0.15, 0.2) is 0 Å². The first-order chi connectivity index (χ1) is 8.36. The SMILES string of the molecule is COC(C)(C)C(C)N1CCN(CCC(=O)O)CC1. The van der Waals surface area contributed by atoms with Crippen LogP contribution in [-0.2, 0) is 9.53 Å². The lowest BCUT2D eigenvalue weighted by atomic mass is 9.98. The van der Waals surface area contributed by atoms with E-state index in [0.717, 1.165) is 26.2 Å². The van der Waals surface area contributed by atoms with E-state index in [0.29, 0.717) is 12.6 Å². The van der Waals surface area contributed by atoms with Crippen LogP contribution in [0.3, 0.4) is 0 Å². The summed E-state index contributed by atoms with van der Waals surface area (Å²) >= 11 is 0. The van der Waals surface area contributed by atoms with Crippen molar-refractivity contribution in [3.8, 4) is 0 Å². The maximum absolute atomic E-state index is 10.5. The summed E-state index contributed by atoms with van der Waals surface area (Å²) in [7, 11) is 1.75. The number of carbonyl (C=O) groups is 1. The van der Waals surface area contributed by atoms with Gasteiger partial charge in [-0.1, -0.05) is 0 Å². The van der Waals surface area contributed by atoms with Crippen molar-refractivity contribution >= 4 is 5.97 Å². The Kier molecular flexibility index (Phi) is 5.56. The van der Waals surface area contributed by atoms with Crippen molar-refractivity contribution in [2.24, 2.45) is 0 Å². The Labute approximate surface area is 110 Å². The van der Waals surface area contributed by atoms with Gasteiger partial charge in [-0.15, -0.1) is 0 Å². The van der Waals surface area contributed by atoms with Gasteiger partial charge < -0.3 is 14.7 Å². The molecule has 0 radical (unpaired) electrons. The predicted molar refractivity (Wildman–Crippen MR) is 70.8 cm³/mol. The molecule has 1 fully saturated rings. The molecule has 1 atom stereocenters. The van der Waals surface area contributed by atoms with E-state index in [-0.39, 0.29) is 12.0 Å². The molecule has 5 heteroatoms. The van der Waals surface area contributed by atoms with Gasteiger partial charge in [0, 0.05) is 45.9 Å². The molecule has 1 aliphatic rings. The summed E-state index contributed by atoms with van der Waals surface area (Å²) in [6, 6.07) is 0.365. The highest BCUT2D eigenvalue weighted by Gasteiger charge is 2.32. The second-order valence-corrected chi connectivity index (χ2v) is 5.50. The van der Waals surface area contributed by atoms with Crippen molar-refractivity contribution in [1.29, 1.82) is 0 Å². The molecule has 1 rings (SSSR count). The van der Waals surface area contributed by atoms with E-state index in [9.17, 15) is 4.79 Å². The Bertz CT molecular complexity index is 273. The quantitative estimate of drug-likeness (QED) is 0.767. The summed E-state index contributed by atoms with van der Waals surface area (Å²) in [5.74, 6) is -0.716. The molecule has 0 aromatic heterocycles. The summed E-state index contributed by atoms with van der Waals surface area (Å²) in [4.78, 5) is 15.2. The predicted octanol–water partition coefficient (Wildman–Crippen LogP) is 0.892. The lowest BCUT2D eigenvalue weighted by Crippen LogP contribution is -2.56. The minimum Gasteiger partial charge on any atom is -0.481 e. The molecule has 0 aliphatic carbocycles. The molecule has 0 aromatic rings. The van der Waals surface area contributed by atoms with Gasteiger partial charge in [-0.05, 0) is 20.8 Å². The smallest absolute Gasteiger partial charge is 0.304 e. The largest absolute Gasteiger partial charge is 0.481 e. The van der Waals surface area contributed by atoms with Crippen LogP contribution in [0.1, 0.15) is 27.2 Å². The zero-order valence-corrected chi connectivity index (χ0v) is 12.0. The number of carboxylic acids is 1. The number of methoxy groups -OCH3 is 1. The van der Waals surface area contributed by atoms with Gasteiger partial charge in [0.05, 0.1) is 12.0 Å². The van der Waals surface area contributed by atoms with Gasteiger partial charge in [0.15, 0.2) is 0 Å². The molecule has 0 bridgehead atoms. The fourth-order valence-electron chi connectivity index (χ4n) is 2.24. The minimum absolute atomic E-state index is 0.150. The number of nitrogens with zero attached hydrogens (tertiary/aromatic N) is 2. The molecule has 0 saturated carbocycles. The normalized spacial score (nSPS) is 20.9. The summed E-state index contributed by atoms with van der Waals surface area (Å²) in [6.45, 7) is 10.9. The van der Waals surface area contributed by atoms with E-state index < -0.39 is 5.97 Å². The average molecular weight is 258 g/mol. The topological polar surface area (TPSA) is 53.0 Å². The van der Waals surface area contributed by atoms with Gasteiger partial charge in [0.25, 0.3) is 0 Å². The highest BCUT2D eigenvalue weighted by Crippen LogP contribution is 2.20. The van der Waals surface area contributed by atoms with E-state index in [1.54, 1.807) is 7.11 Å². The summed E-state index contributed by atoms with van der Waals surface area (Å²) in [5, 5.41) is 8.67. The van der Waals surface area contributed by atoms with Crippen LogP contribution in [0.5, 0.6) is 0 Å². The summed E-state index contributed by atoms with van der Waals surface area (Å²) in [6.07, 6.45) is 0.235. The Balaban J connectivity index is 2.37. The van der Waals surface area contributed by atoms with Gasteiger partial charge in [-0.25, -0.2) is 0 Å². The maximum Gasteiger partial charge on any atom is 0.304 e. The van der Waals surface area contributed by atoms with Gasteiger partial charge in [0.2, 0.25) is 0 Å². The van der Waals surface area contributed by atoms with Crippen molar-refractivity contribution in [2.45, 2.75) is 38.8 Å². The Hall–Kier alpha value is -0.650. The molecule has 1 N–H and O–H groups in total. The minimum atomic E-state index is -0.716. The molecule has 1 unspecified atom stereocenters. The summed E-state index contributed by atoms with van der Waals surface area (Å²) < 4.78 is 5.53. The number of ether oxygens (including phenoxy) is 1. The highest BCUT2D eigenvalue weighted by molar-refractivity contribution is 5.66. The standard InChI is InChI=1S/C13H26N2O3/c1-11(13(2,3)18-4)15-9-7-14(8-10-15)6-5-12(16)17/h11H,5-10H2,1-4H3,(H,16,17). The molecule has 0 aromatic carbocycles. The molecule has 1 saturated heterocycles. The Morgan fingerprint density at radius 2 is 1.89 bits per heavy atom. The molecular formula is C13H26N2O3. The van der Waals surface area contributed by atoms with Crippen molar-refractivity contribution in [2.75, 3.05) is 39.8 Å².